The van der Waals surface area contributed by atoms with Crippen molar-refractivity contribution < 1.29 is 5.11 Å². The minimum atomic E-state index is -0.417. The lowest BCUT2D eigenvalue weighted by atomic mass is 10.0. The van der Waals surface area contributed by atoms with E-state index in [-0.39, 0.29) is 0 Å². The number of aliphatic hydroxyl groups excluding tert-OH is 1. The van der Waals surface area contributed by atoms with E-state index >= 15 is 0 Å². The number of fused-ring (bicyclic) bond motifs is 1. The molecule has 2 aromatic rings. The number of β-amino-alcohol motifs (C(OH)–C–C–N with tert-alkyl or cyclic N) is 1. The minimum Gasteiger partial charge on any atom is -0.387 e. The SMILES string of the molecule is Cc1c(C(O)CN2CCNCC2)c2ccccc2n1C. The van der Waals surface area contributed by atoms with Gasteiger partial charge >= 0.3 is 0 Å². The van der Waals surface area contributed by atoms with Crippen molar-refractivity contribution in [1.82, 2.24) is 14.8 Å². The number of aliphatic hydroxyl groups is 1. The van der Waals surface area contributed by atoms with Crippen LogP contribution in [0.4, 0.5) is 0 Å². The highest BCUT2D eigenvalue weighted by atomic mass is 16.3. The predicted molar refractivity (Wildman–Crippen MR) is 81.9 cm³/mol. The average molecular weight is 273 g/mol. The Morgan fingerprint density at radius 1 is 1.25 bits per heavy atom. The Morgan fingerprint density at radius 3 is 2.70 bits per heavy atom. The second-order valence-corrected chi connectivity index (χ2v) is 5.64. The summed E-state index contributed by atoms with van der Waals surface area (Å²) in [4.78, 5) is 2.34. The van der Waals surface area contributed by atoms with Gasteiger partial charge in [0.25, 0.3) is 0 Å². The quantitative estimate of drug-likeness (QED) is 0.889. The molecule has 1 aromatic heterocycles. The third kappa shape index (κ3) is 2.35. The van der Waals surface area contributed by atoms with Crippen LogP contribution in [0.2, 0.25) is 0 Å². The zero-order chi connectivity index (χ0) is 14.1. The fourth-order valence-electron chi connectivity index (χ4n) is 3.20. The molecule has 1 fully saturated rings. The van der Waals surface area contributed by atoms with Crippen molar-refractivity contribution >= 4 is 10.9 Å². The van der Waals surface area contributed by atoms with Gasteiger partial charge in [0.15, 0.2) is 0 Å². The Morgan fingerprint density at radius 2 is 1.95 bits per heavy atom. The topological polar surface area (TPSA) is 40.4 Å². The molecular weight excluding hydrogens is 250 g/mol. The number of rotatable bonds is 3. The van der Waals surface area contributed by atoms with Gasteiger partial charge in [-0.05, 0) is 13.0 Å². The minimum absolute atomic E-state index is 0.417. The number of aromatic nitrogens is 1. The van der Waals surface area contributed by atoms with Gasteiger partial charge in [-0.1, -0.05) is 18.2 Å². The number of nitrogens with zero attached hydrogens (tertiary/aromatic N) is 2. The van der Waals surface area contributed by atoms with E-state index < -0.39 is 6.10 Å². The molecule has 2 N–H and O–H groups in total. The molecular formula is C16H23N3O. The van der Waals surface area contributed by atoms with Crippen molar-refractivity contribution in [1.29, 1.82) is 0 Å². The van der Waals surface area contributed by atoms with Gasteiger partial charge in [0.1, 0.15) is 0 Å². The van der Waals surface area contributed by atoms with Gasteiger partial charge in [-0.2, -0.15) is 0 Å². The third-order valence-electron chi connectivity index (χ3n) is 4.42. The van der Waals surface area contributed by atoms with Gasteiger partial charge in [-0.15, -0.1) is 0 Å². The first kappa shape index (κ1) is 13.6. The fraction of sp³-hybridized carbons (Fsp3) is 0.500. The van der Waals surface area contributed by atoms with Crippen LogP contribution in [0.15, 0.2) is 24.3 Å². The lowest BCUT2D eigenvalue weighted by molar-refractivity contribution is 0.106. The summed E-state index contributed by atoms with van der Waals surface area (Å²) >= 11 is 0. The van der Waals surface area contributed by atoms with Crippen LogP contribution in [0, 0.1) is 6.92 Å². The maximum Gasteiger partial charge on any atom is 0.0940 e. The second-order valence-electron chi connectivity index (χ2n) is 5.64. The molecule has 2 heterocycles. The molecule has 1 saturated heterocycles. The molecule has 3 rings (SSSR count). The van der Waals surface area contributed by atoms with Crippen molar-refractivity contribution in [3.63, 3.8) is 0 Å². The monoisotopic (exact) mass is 273 g/mol. The van der Waals surface area contributed by atoms with Crippen LogP contribution >= 0.6 is 0 Å². The Hall–Kier alpha value is -1.36. The highest BCUT2D eigenvalue weighted by Crippen LogP contribution is 2.30. The molecule has 0 amide bonds. The van der Waals surface area contributed by atoms with Crippen molar-refractivity contribution in [2.75, 3.05) is 32.7 Å². The first-order chi connectivity index (χ1) is 9.68. The van der Waals surface area contributed by atoms with E-state index in [9.17, 15) is 5.11 Å². The van der Waals surface area contributed by atoms with Gasteiger partial charge in [-0.25, -0.2) is 0 Å². The van der Waals surface area contributed by atoms with Crippen LogP contribution in [0.1, 0.15) is 17.4 Å². The molecule has 4 nitrogen and oxygen atoms in total. The molecule has 108 valence electrons. The van der Waals surface area contributed by atoms with E-state index in [2.05, 4.69) is 40.9 Å². The molecule has 4 heteroatoms. The Balaban J connectivity index is 1.90. The number of para-hydroxylation sites is 1. The number of hydrogen-bond acceptors (Lipinski definition) is 3. The predicted octanol–water partition coefficient (Wildman–Crippen LogP) is 1.43. The number of nitrogens with one attached hydrogen (secondary N) is 1. The molecule has 0 radical (unpaired) electrons. The van der Waals surface area contributed by atoms with Crippen LogP contribution in [0.5, 0.6) is 0 Å². The van der Waals surface area contributed by atoms with Crippen molar-refractivity contribution in [3.05, 3.63) is 35.5 Å². The van der Waals surface area contributed by atoms with Crippen LogP contribution in [0.3, 0.4) is 0 Å². The Kier molecular flexibility index (Phi) is 3.78. The average Bonchev–Trinajstić information content (AvgIpc) is 2.72. The van der Waals surface area contributed by atoms with Gasteiger partial charge < -0.3 is 15.0 Å². The van der Waals surface area contributed by atoms with Crippen LogP contribution in [-0.4, -0.2) is 47.3 Å². The summed E-state index contributed by atoms with van der Waals surface area (Å²) in [5, 5.41) is 15.2. The summed E-state index contributed by atoms with van der Waals surface area (Å²) in [7, 11) is 2.07. The summed E-state index contributed by atoms with van der Waals surface area (Å²) in [6.45, 7) is 6.87. The highest BCUT2D eigenvalue weighted by Gasteiger charge is 2.21. The maximum atomic E-state index is 10.7. The molecule has 0 aliphatic carbocycles. The van der Waals surface area contributed by atoms with Crippen LogP contribution in [-0.2, 0) is 7.05 Å². The number of hydrogen-bond donors (Lipinski definition) is 2. The van der Waals surface area contributed by atoms with Crippen LogP contribution in [0.25, 0.3) is 10.9 Å². The van der Waals surface area contributed by atoms with E-state index in [4.69, 9.17) is 0 Å². The van der Waals surface area contributed by atoms with E-state index in [0.29, 0.717) is 0 Å². The first-order valence-corrected chi connectivity index (χ1v) is 7.33. The molecule has 0 bridgehead atoms. The maximum absolute atomic E-state index is 10.7. The molecule has 1 aromatic carbocycles. The summed E-state index contributed by atoms with van der Waals surface area (Å²) in [6.07, 6.45) is -0.417. The fourth-order valence-corrected chi connectivity index (χ4v) is 3.20. The molecule has 1 aliphatic heterocycles. The standard InChI is InChI=1S/C16H23N3O/c1-12-16(13-5-3-4-6-14(13)18(12)2)15(20)11-19-9-7-17-8-10-19/h3-6,15,17,20H,7-11H2,1-2H3. The molecule has 1 atom stereocenters. The van der Waals surface area contributed by atoms with Crippen LogP contribution < -0.4 is 5.32 Å². The highest BCUT2D eigenvalue weighted by molar-refractivity contribution is 5.85. The summed E-state index contributed by atoms with van der Waals surface area (Å²) in [5.41, 5.74) is 3.44. The van der Waals surface area contributed by atoms with Gasteiger partial charge in [-0.3, -0.25) is 4.90 Å². The lowest BCUT2D eigenvalue weighted by Crippen LogP contribution is -2.45. The number of piperazine rings is 1. The van der Waals surface area contributed by atoms with Gasteiger partial charge in [0.2, 0.25) is 0 Å². The summed E-state index contributed by atoms with van der Waals surface area (Å²) in [5.74, 6) is 0. The Bertz CT molecular complexity index is 599. The Labute approximate surface area is 120 Å². The smallest absolute Gasteiger partial charge is 0.0940 e. The molecule has 1 unspecified atom stereocenters. The van der Waals surface area contributed by atoms with E-state index in [1.807, 2.05) is 12.1 Å². The van der Waals surface area contributed by atoms with Crippen molar-refractivity contribution in [2.24, 2.45) is 7.05 Å². The second kappa shape index (κ2) is 5.56. The molecule has 20 heavy (non-hydrogen) atoms. The lowest BCUT2D eigenvalue weighted by Gasteiger charge is -2.29. The van der Waals surface area contributed by atoms with Crippen molar-refractivity contribution in [3.8, 4) is 0 Å². The first-order valence-electron chi connectivity index (χ1n) is 7.33. The van der Waals surface area contributed by atoms with Gasteiger partial charge in [0.05, 0.1) is 6.10 Å². The van der Waals surface area contributed by atoms with Gasteiger partial charge in [0, 0.05) is 61.9 Å². The van der Waals surface area contributed by atoms with Crippen molar-refractivity contribution in [2.45, 2.75) is 13.0 Å². The molecule has 1 aliphatic rings. The molecule has 0 spiro atoms. The van der Waals surface area contributed by atoms with E-state index in [1.54, 1.807) is 0 Å². The van der Waals surface area contributed by atoms with E-state index in [0.717, 1.165) is 44.0 Å². The summed E-state index contributed by atoms with van der Waals surface area (Å²) < 4.78 is 2.17. The summed E-state index contributed by atoms with van der Waals surface area (Å²) in [6, 6.07) is 8.32. The number of benzene rings is 1. The zero-order valence-electron chi connectivity index (χ0n) is 12.3. The normalized spacial score (nSPS) is 18.6. The molecule has 0 saturated carbocycles. The zero-order valence-corrected chi connectivity index (χ0v) is 12.3. The largest absolute Gasteiger partial charge is 0.387 e. The third-order valence-corrected chi connectivity index (χ3v) is 4.42. The van der Waals surface area contributed by atoms with E-state index in [1.165, 1.54) is 10.9 Å². The number of aryl methyl sites for hydroxylation is 1.